The Kier molecular flexibility index (Phi) is 3.41. The molecule has 0 amide bonds. The molecule has 1 atom stereocenters. The predicted molar refractivity (Wildman–Crippen MR) is 48.0 cm³/mol. The molecular weight excluding hydrogens is 170 g/mol. The summed E-state index contributed by atoms with van der Waals surface area (Å²) in [5, 5.41) is 27.7. The van der Waals surface area contributed by atoms with E-state index in [0.29, 0.717) is 13.1 Å². The first-order valence-corrected chi connectivity index (χ1v) is 4.16. The van der Waals surface area contributed by atoms with E-state index in [1.165, 1.54) is 0 Å². The largest absolute Gasteiger partial charge is 0.393 e. The van der Waals surface area contributed by atoms with E-state index in [9.17, 15) is 5.11 Å². The third kappa shape index (κ3) is 3.54. The van der Waals surface area contributed by atoms with Crippen molar-refractivity contribution in [1.82, 2.24) is 15.5 Å². The SMILES string of the molecule is CC(O)(CO)CNCc1ccn[nH]1. The maximum Gasteiger partial charge on any atom is 0.0972 e. The third-order valence-corrected chi connectivity index (χ3v) is 1.72. The summed E-state index contributed by atoms with van der Waals surface area (Å²) in [6.07, 6.45) is 1.67. The summed E-state index contributed by atoms with van der Waals surface area (Å²) < 4.78 is 0. The highest BCUT2D eigenvalue weighted by atomic mass is 16.3. The standard InChI is InChI=1S/C8H15N3O2/c1-8(13,6-12)5-9-4-7-2-3-10-11-7/h2-3,9,12-13H,4-6H2,1H3,(H,10,11). The van der Waals surface area contributed by atoms with Gasteiger partial charge < -0.3 is 15.5 Å². The van der Waals surface area contributed by atoms with E-state index in [-0.39, 0.29) is 6.61 Å². The zero-order chi connectivity index (χ0) is 9.73. The maximum absolute atomic E-state index is 9.41. The number of hydrogen-bond donors (Lipinski definition) is 4. The molecule has 5 nitrogen and oxygen atoms in total. The number of H-pyrrole nitrogens is 1. The summed E-state index contributed by atoms with van der Waals surface area (Å²) in [6.45, 7) is 2.29. The van der Waals surface area contributed by atoms with Crippen LogP contribution in [0.2, 0.25) is 0 Å². The number of aliphatic hydroxyl groups excluding tert-OH is 1. The molecular formula is C8H15N3O2. The second kappa shape index (κ2) is 4.36. The average molecular weight is 185 g/mol. The Labute approximate surface area is 76.8 Å². The van der Waals surface area contributed by atoms with Crippen LogP contribution in [0.15, 0.2) is 12.3 Å². The Bertz CT molecular complexity index is 234. The van der Waals surface area contributed by atoms with Gasteiger partial charge in [-0.2, -0.15) is 5.10 Å². The summed E-state index contributed by atoms with van der Waals surface area (Å²) >= 11 is 0. The second-order valence-electron chi connectivity index (χ2n) is 3.34. The van der Waals surface area contributed by atoms with Crippen molar-refractivity contribution in [2.24, 2.45) is 0 Å². The summed E-state index contributed by atoms with van der Waals surface area (Å²) in [5.74, 6) is 0. The first-order valence-electron chi connectivity index (χ1n) is 4.16. The molecule has 13 heavy (non-hydrogen) atoms. The molecule has 74 valence electrons. The molecule has 4 N–H and O–H groups in total. The molecule has 0 saturated heterocycles. The minimum absolute atomic E-state index is 0.247. The van der Waals surface area contributed by atoms with Crippen LogP contribution in [0.5, 0.6) is 0 Å². The number of hydrogen-bond acceptors (Lipinski definition) is 4. The third-order valence-electron chi connectivity index (χ3n) is 1.72. The lowest BCUT2D eigenvalue weighted by atomic mass is 10.1. The van der Waals surface area contributed by atoms with Crippen LogP contribution in [0.25, 0.3) is 0 Å². The molecule has 0 aliphatic rings. The van der Waals surface area contributed by atoms with Crippen molar-refractivity contribution in [2.75, 3.05) is 13.2 Å². The van der Waals surface area contributed by atoms with Crippen molar-refractivity contribution in [2.45, 2.75) is 19.1 Å². The average Bonchev–Trinajstić information content (AvgIpc) is 2.57. The molecule has 1 unspecified atom stereocenters. The van der Waals surface area contributed by atoms with Crippen molar-refractivity contribution in [3.63, 3.8) is 0 Å². The first-order chi connectivity index (χ1) is 6.14. The fourth-order valence-electron chi connectivity index (χ4n) is 0.906. The lowest BCUT2D eigenvalue weighted by Crippen LogP contribution is -2.40. The zero-order valence-electron chi connectivity index (χ0n) is 7.62. The molecule has 1 aromatic heterocycles. The Morgan fingerprint density at radius 3 is 3.00 bits per heavy atom. The van der Waals surface area contributed by atoms with Gasteiger partial charge in [0, 0.05) is 25.0 Å². The van der Waals surface area contributed by atoms with Gasteiger partial charge in [-0.3, -0.25) is 5.10 Å². The van der Waals surface area contributed by atoms with Gasteiger partial charge in [-0.25, -0.2) is 0 Å². The van der Waals surface area contributed by atoms with Gasteiger partial charge in [0.25, 0.3) is 0 Å². The molecule has 0 aliphatic heterocycles. The summed E-state index contributed by atoms with van der Waals surface area (Å²) in [6, 6.07) is 1.85. The molecule has 1 heterocycles. The van der Waals surface area contributed by atoms with E-state index in [1.807, 2.05) is 6.07 Å². The highest BCUT2D eigenvalue weighted by molar-refractivity contribution is 4.96. The lowest BCUT2D eigenvalue weighted by Gasteiger charge is -2.20. The number of aromatic nitrogens is 2. The van der Waals surface area contributed by atoms with E-state index < -0.39 is 5.60 Å². The molecule has 5 heteroatoms. The topological polar surface area (TPSA) is 81.2 Å². The van der Waals surface area contributed by atoms with Crippen LogP contribution in [0.3, 0.4) is 0 Å². The molecule has 0 radical (unpaired) electrons. The summed E-state index contributed by atoms with van der Waals surface area (Å²) in [7, 11) is 0. The van der Waals surface area contributed by atoms with Crippen LogP contribution in [0.4, 0.5) is 0 Å². The van der Waals surface area contributed by atoms with Crippen LogP contribution in [0, 0.1) is 0 Å². The van der Waals surface area contributed by atoms with Gasteiger partial charge >= 0.3 is 0 Å². The number of nitrogens with zero attached hydrogens (tertiary/aromatic N) is 1. The lowest BCUT2D eigenvalue weighted by molar-refractivity contribution is 0.00248. The van der Waals surface area contributed by atoms with Crippen LogP contribution in [-0.2, 0) is 6.54 Å². The van der Waals surface area contributed by atoms with Gasteiger partial charge in [0.05, 0.1) is 12.2 Å². The minimum atomic E-state index is -1.06. The summed E-state index contributed by atoms with van der Waals surface area (Å²) in [4.78, 5) is 0. The first kappa shape index (κ1) is 10.2. The smallest absolute Gasteiger partial charge is 0.0972 e. The monoisotopic (exact) mass is 185 g/mol. The number of nitrogens with one attached hydrogen (secondary N) is 2. The van der Waals surface area contributed by atoms with Gasteiger partial charge in [0.1, 0.15) is 0 Å². The van der Waals surface area contributed by atoms with Crippen LogP contribution >= 0.6 is 0 Å². The molecule has 1 rings (SSSR count). The van der Waals surface area contributed by atoms with Crippen molar-refractivity contribution >= 4 is 0 Å². The fourth-order valence-corrected chi connectivity index (χ4v) is 0.906. The van der Waals surface area contributed by atoms with Crippen molar-refractivity contribution in [1.29, 1.82) is 0 Å². The Hall–Kier alpha value is -0.910. The molecule has 0 fully saturated rings. The molecule has 0 aromatic carbocycles. The molecule has 0 spiro atoms. The highest BCUT2D eigenvalue weighted by Gasteiger charge is 2.17. The Morgan fingerprint density at radius 2 is 2.46 bits per heavy atom. The number of aliphatic hydroxyl groups is 2. The van der Waals surface area contributed by atoms with E-state index in [0.717, 1.165) is 5.69 Å². The zero-order valence-corrected chi connectivity index (χ0v) is 7.62. The van der Waals surface area contributed by atoms with Crippen molar-refractivity contribution < 1.29 is 10.2 Å². The van der Waals surface area contributed by atoms with Crippen molar-refractivity contribution in [3.8, 4) is 0 Å². The van der Waals surface area contributed by atoms with E-state index in [4.69, 9.17) is 5.11 Å². The van der Waals surface area contributed by atoms with Crippen LogP contribution < -0.4 is 5.32 Å². The maximum atomic E-state index is 9.41. The Morgan fingerprint density at radius 1 is 1.69 bits per heavy atom. The predicted octanol–water partition coefficient (Wildman–Crippen LogP) is -0.757. The number of rotatable bonds is 5. The normalized spacial score (nSPS) is 15.6. The molecule has 0 aliphatic carbocycles. The second-order valence-corrected chi connectivity index (χ2v) is 3.34. The summed E-state index contributed by atoms with van der Waals surface area (Å²) in [5.41, 5.74) is -0.103. The van der Waals surface area contributed by atoms with Gasteiger partial charge in [0.2, 0.25) is 0 Å². The van der Waals surface area contributed by atoms with Crippen LogP contribution in [-0.4, -0.2) is 39.2 Å². The van der Waals surface area contributed by atoms with Gasteiger partial charge in [-0.1, -0.05) is 0 Å². The van der Waals surface area contributed by atoms with E-state index in [1.54, 1.807) is 13.1 Å². The molecule has 0 saturated carbocycles. The van der Waals surface area contributed by atoms with Gasteiger partial charge in [-0.05, 0) is 13.0 Å². The van der Waals surface area contributed by atoms with Crippen LogP contribution in [0.1, 0.15) is 12.6 Å². The van der Waals surface area contributed by atoms with E-state index in [2.05, 4.69) is 15.5 Å². The molecule has 1 aromatic rings. The van der Waals surface area contributed by atoms with E-state index >= 15 is 0 Å². The van der Waals surface area contributed by atoms with Gasteiger partial charge in [-0.15, -0.1) is 0 Å². The quantitative estimate of drug-likeness (QED) is 0.486. The minimum Gasteiger partial charge on any atom is -0.393 e. The fraction of sp³-hybridized carbons (Fsp3) is 0.625. The van der Waals surface area contributed by atoms with Gasteiger partial charge in [0.15, 0.2) is 0 Å². The highest BCUT2D eigenvalue weighted by Crippen LogP contribution is 1.99. The molecule has 0 bridgehead atoms. The Balaban J connectivity index is 2.21. The number of aromatic amines is 1. The van der Waals surface area contributed by atoms with Crippen molar-refractivity contribution in [3.05, 3.63) is 18.0 Å².